The van der Waals surface area contributed by atoms with Crippen LogP contribution in [0.15, 0.2) is 30.3 Å². The zero-order valence-electron chi connectivity index (χ0n) is 15.1. The number of benzene rings is 1. The summed E-state index contributed by atoms with van der Waals surface area (Å²) in [5.41, 5.74) is 0.516. The van der Waals surface area contributed by atoms with Gasteiger partial charge in [0, 0.05) is 13.7 Å². The molecule has 1 aromatic rings. The van der Waals surface area contributed by atoms with Gasteiger partial charge in [0.05, 0.1) is 23.2 Å². The van der Waals surface area contributed by atoms with Gasteiger partial charge >= 0.3 is 0 Å². The first kappa shape index (κ1) is 17.0. The van der Waals surface area contributed by atoms with Crippen molar-refractivity contribution in [1.29, 1.82) is 0 Å². The zero-order valence-corrected chi connectivity index (χ0v) is 15.1. The van der Waals surface area contributed by atoms with Gasteiger partial charge in [0.1, 0.15) is 0 Å². The molecule has 0 radical (unpaired) electrons. The molecule has 2 aliphatic carbocycles. The SMILES string of the molecule is CO[C@@]12CC[C@H](O)C[C@@H]1N(C(=O)C1(c3ccccc3)CCCC1)CC2. The number of rotatable bonds is 3. The predicted molar refractivity (Wildman–Crippen MR) is 96.3 cm³/mol. The molecule has 0 unspecified atom stereocenters. The minimum atomic E-state index is -0.381. The fourth-order valence-electron chi connectivity index (χ4n) is 5.56. The van der Waals surface area contributed by atoms with Crippen molar-refractivity contribution in [2.75, 3.05) is 13.7 Å². The Balaban J connectivity index is 1.67. The molecule has 2 saturated carbocycles. The summed E-state index contributed by atoms with van der Waals surface area (Å²) in [5.74, 6) is 0.259. The molecular weight excluding hydrogens is 314 g/mol. The summed E-state index contributed by atoms with van der Waals surface area (Å²) in [4.78, 5) is 15.8. The molecular formula is C21H29NO3. The van der Waals surface area contributed by atoms with E-state index in [4.69, 9.17) is 4.74 Å². The third-order valence-corrected chi connectivity index (χ3v) is 7.02. The van der Waals surface area contributed by atoms with E-state index in [-0.39, 0.29) is 29.1 Å². The number of ether oxygens (including phenoxy) is 1. The van der Waals surface area contributed by atoms with Crippen LogP contribution in [0.3, 0.4) is 0 Å². The Morgan fingerprint density at radius 2 is 1.88 bits per heavy atom. The molecule has 3 fully saturated rings. The number of hydrogen-bond acceptors (Lipinski definition) is 3. The summed E-state index contributed by atoms with van der Waals surface area (Å²) in [6, 6.07) is 10.3. The maximum absolute atomic E-state index is 13.8. The molecule has 1 amide bonds. The van der Waals surface area contributed by atoms with Gasteiger partial charge in [-0.1, -0.05) is 43.2 Å². The highest BCUT2D eigenvalue weighted by Gasteiger charge is 2.56. The number of hydrogen-bond donors (Lipinski definition) is 1. The van der Waals surface area contributed by atoms with Gasteiger partial charge in [-0.05, 0) is 44.1 Å². The van der Waals surface area contributed by atoms with E-state index >= 15 is 0 Å². The summed E-state index contributed by atoms with van der Waals surface area (Å²) >= 11 is 0. The molecule has 136 valence electrons. The zero-order chi connectivity index (χ0) is 17.5. The molecule has 4 nitrogen and oxygen atoms in total. The van der Waals surface area contributed by atoms with E-state index < -0.39 is 0 Å². The minimum absolute atomic E-state index is 0.00920. The Bertz CT molecular complexity index is 625. The number of nitrogens with zero attached hydrogens (tertiary/aromatic N) is 1. The number of likely N-dealkylation sites (tertiary alicyclic amines) is 1. The van der Waals surface area contributed by atoms with Gasteiger partial charge in [0.15, 0.2) is 0 Å². The van der Waals surface area contributed by atoms with E-state index in [1.165, 1.54) is 0 Å². The normalized spacial score (nSPS) is 34.1. The van der Waals surface area contributed by atoms with Crippen LogP contribution in [0, 0.1) is 0 Å². The Kier molecular flexibility index (Phi) is 4.37. The Morgan fingerprint density at radius 3 is 2.56 bits per heavy atom. The van der Waals surface area contributed by atoms with Crippen LogP contribution < -0.4 is 0 Å². The van der Waals surface area contributed by atoms with Crippen LogP contribution in [-0.4, -0.2) is 47.3 Å². The van der Waals surface area contributed by atoms with Crippen molar-refractivity contribution in [3.8, 4) is 0 Å². The van der Waals surface area contributed by atoms with Gasteiger partial charge < -0.3 is 14.7 Å². The molecule has 1 N–H and O–H groups in total. The maximum Gasteiger partial charge on any atom is 0.233 e. The molecule has 1 saturated heterocycles. The summed E-state index contributed by atoms with van der Waals surface area (Å²) in [6.45, 7) is 0.749. The fraction of sp³-hybridized carbons (Fsp3) is 0.667. The molecule has 3 atom stereocenters. The van der Waals surface area contributed by atoms with E-state index in [1.54, 1.807) is 7.11 Å². The van der Waals surface area contributed by atoms with Crippen LogP contribution in [0.1, 0.15) is 56.9 Å². The van der Waals surface area contributed by atoms with Crippen molar-refractivity contribution in [1.82, 2.24) is 4.90 Å². The first-order valence-corrected chi connectivity index (χ1v) is 9.71. The maximum atomic E-state index is 13.8. The van der Waals surface area contributed by atoms with E-state index in [9.17, 15) is 9.90 Å². The van der Waals surface area contributed by atoms with Crippen molar-refractivity contribution in [3.05, 3.63) is 35.9 Å². The summed E-state index contributed by atoms with van der Waals surface area (Å²) in [6.07, 6.45) is 6.91. The third-order valence-electron chi connectivity index (χ3n) is 7.02. The molecule has 4 heteroatoms. The Hall–Kier alpha value is -1.39. The molecule has 0 spiro atoms. The number of methoxy groups -OCH3 is 1. The first-order chi connectivity index (χ1) is 12.1. The Morgan fingerprint density at radius 1 is 1.16 bits per heavy atom. The molecule has 25 heavy (non-hydrogen) atoms. The van der Waals surface area contributed by atoms with E-state index in [1.807, 2.05) is 18.2 Å². The lowest BCUT2D eigenvalue weighted by Crippen LogP contribution is -2.56. The predicted octanol–water partition coefficient (Wildman–Crippen LogP) is 3.03. The second-order valence-electron chi connectivity index (χ2n) is 8.12. The summed E-state index contributed by atoms with van der Waals surface area (Å²) in [5, 5.41) is 10.2. The molecule has 1 heterocycles. The number of carbonyl (C=O) groups is 1. The highest BCUT2D eigenvalue weighted by molar-refractivity contribution is 5.89. The van der Waals surface area contributed by atoms with E-state index in [0.29, 0.717) is 6.42 Å². The fourth-order valence-corrected chi connectivity index (χ4v) is 5.56. The van der Waals surface area contributed by atoms with Crippen molar-refractivity contribution in [3.63, 3.8) is 0 Å². The lowest BCUT2D eigenvalue weighted by Gasteiger charge is -2.44. The smallest absolute Gasteiger partial charge is 0.233 e. The van der Waals surface area contributed by atoms with Crippen molar-refractivity contribution in [2.45, 2.75) is 74.5 Å². The molecule has 1 aromatic carbocycles. The largest absolute Gasteiger partial charge is 0.393 e. The second-order valence-corrected chi connectivity index (χ2v) is 8.12. The molecule has 3 aliphatic rings. The van der Waals surface area contributed by atoms with Crippen LogP contribution in [0.5, 0.6) is 0 Å². The molecule has 1 aliphatic heterocycles. The monoisotopic (exact) mass is 343 g/mol. The van der Waals surface area contributed by atoms with Gasteiger partial charge in [0.2, 0.25) is 5.91 Å². The third kappa shape index (κ3) is 2.61. The number of amides is 1. The van der Waals surface area contributed by atoms with Crippen LogP contribution in [0.25, 0.3) is 0 Å². The van der Waals surface area contributed by atoms with Crippen molar-refractivity contribution in [2.24, 2.45) is 0 Å². The number of carbonyl (C=O) groups excluding carboxylic acids is 1. The molecule has 0 aromatic heterocycles. The highest BCUT2D eigenvalue weighted by Crippen LogP contribution is 2.48. The second kappa shape index (κ2) is 6.40. The van der Waals surface area contributed by atoms with Crippen molar-refractivity contribution >= 4 is 5.91 Å². The van der Waals surface area contributed by atoms with Crippen LogP contribution in [-0.2, 0) is 14.9 Å². The minimum Gasteiger partial charge on any atom is -0.393 e. The molecule has 0 bridgehead atoms. The number of aliphatic hydroxyl groups excluding tert-OH is 1. The average Bonchev–Trinajstić information content (AvgIpc) is 3.28. The average molecular weight is 343 g/mol. The van der Waals surface area contributed by atoms with Gasteiger partial charge in [-0.3, -0.25) is 4.79 Å². The van der Waals surface area contributed by atoms with E-state index in [0.717, 1.165) is 57.1 Å². The topological polar surface area (TPSA) is 49.8 Å². The number of fused-ring (bicyclic) bond motifs is 1. The van der Waals surface area contributed by atoms with Crippen LogP contribution >= 0.6 is 0 Å². The lowest BCUT2D eigenvalue weighted by atomic mass is 9.75. The van der Waals surface area contributed by atoms with Crippen molar-refractivity contribution < 1.29 is 14.6 Å². The standard InChI is InChI=1S/C21H29NO3/c1-25-21-12-9-17(23)15-18(21)22(14-13-21)19(24)20(10-5-6-11-20)16-7-3-2-4-8-16/h2-4,7-8,17-18,23H,5-6,9-15H2,1H3/t17-,18-,21+/m0/s1. The van der Waals surface area contributed by atoms with Gasteiger partial charge in [-0.2, -0.15) is 0 Å². The molecule has 4 rings (SSSR count). The van der Waals surface area contributed by atoms with E-state index in [2.05, 4.69) is 17.0 Å². The van der Waals surface area contributed by atoms with Crippen LogP contribution in [0.4, 0.5) is 0 Å². The number of aliphatic hydroxyl groups is 1. The van der Waals surface area contributed by atoms with Gasteiger partial charge in [0.25, 0.3) is 0 Å². The van der Waals surface area contributed by atoms with Gasteiger partial charge in [-0.25, -0.2) is 0 Å². The summed E-state index contributed by atoms with van der Waals surface area (Å²) in [7, 11) is 1.77. The Labute approximate surface area is 150 Å². The quantitative estimate of drug-likeness (QED) is 0.918. The first-order valence-electron chi connectivity index (χ1n) is 9.71. The van der Waals surface area contributed by atoms with Gasteiger partial charge in [-0.15, -0.1) is 0 Å². The highest BCUT2D eigenvalue weighted by atomic mass is 16.5. The van der Waals surface area contributed by atoms with Crippen LogP contribution in [0.2, 0.25) is 0 Å². The lowest BCUT2D eigenvalue weighted by molar-refractivity contribution is -0.145. The summed E-state index contributed by atoms with van der Waals surface area (Å²) < 4.78 is 5.93.